The van der Waals surface area contributed by atoms with Crippen LogP contribution in [0.5, 0.6) is 0 Å². The van der Waals surface area contributed by atoms with Crippen molar-refractivity contribution in [1.29, 1.82) is 0 Å². The summed E-state index contributed by atoms with van der Waals surface area (Å²) < 4.78 is 5.16. The highest BCUT2D eigenvalue weighted by atomic mass is 16.6. The van der Waals surface area contributed by atoms with E-state index in [4.69, 9.17) is 4.74 Å². The number of hydrogen-bond donors (Lipinski definition) is 2. The first-order valence-electron chi connectivity index (χ1n) is 7.02. The Balaban J connectivity index is 2.24. The van der Waals surface area contributed by atoms with Gasteiger partial charge in [-0.3, -0.25) is 0 Å². The highest BCUT2D eigenvalue weighted by molar-refractivity contribution is 5.67. The average molecular weight is 278 g/mol. The van der Waals surface area contributed by atoms with Crippen LogP contribution >= 0.6 is 0 Å². The molecule has 1 aromatic rings. The second-order valence-electron chi connectivity index (χ2n) is 5.98. The summed E-state index contributed by atoms with van der Waals surface area (Å²) in [5, 5.41) is 6.06. The number of nitrogens with one attached hydrogen (secondary N) is 2. The van der Waals surface area contributed by atoms with Gasteiger partial charge in [-0.05, 0) is 51.3 Å². The van der Waals surface area contributed by atoms with E-state index in [-0.39, 0.29) is 6.09 Å². The molecule has 0 saturated heterocycles. The van der Waals surface area contributed by atoms with E-state index in [2.05, 4.69) is 42.7 Å². The first-order chi connectivity index (χ1) is 9.29. The molecule has 0 aromatic heterocycles. The molecule has 0 heterocycles. The van der Waals surface area contributed by atoms with E-state index >= 15 is 0 Å². The van der Waals surface area contributed by atoms with Gasteiger partial charge in [0.15, 0.2) is 0 Å². The molecule has 4 heteroatoms. The number of ether oxygens (including phenoxy) is 1. The minimum Gasteiger partial charge on any atom is -0.444 e. The van der Waals surface area contributed by atoms with Crippen LogP contribution in [0.2, 0.25) is 0 Å². The lowest BCUT2D eigenvalue weighted by atomic mass is 10.0. The summed E-state index contributed by atoms with van der Waals surface area (Å²) >= 11 is 0. The molecule has 112 valence electrons. The topological polar surface area (TPSA) is 50.4 Å². The van der Waals surface area contributed by atoms with Crippen LogP contribution in [0.3, 0.4) is 0 Å². The van der Waals surface area contributed by atoms with Crippen molar-refractivity contribution in [2.45, 2.75) is 46.8 Å². The smallest absolute Gasteiger partial charge is 0.407 e. The second-order valence-corrected chi connectivity index (χ2v) is 5.98. The third-order valence-corrected chi connectivity index (χ3v) is 2.92. The zero-order valence-electron chi connectivity index (χ0n) is 13.2. The number of amides is 1. The fourth-order valence-electron chi connectivity index (χ4n) is 1.91. The summed E-state index contributed by atoms with van der Waals surface area (Å²) in [6, 6.07) is 6.30. The monoisotopic (exact) mass is 278 g/mol. The molecule has 1 rings (SSSR count). The van der Waals surface area contributed by atoms with E-state index < -0.39 is 5.60 Å². The quantitative estimate of drug-likeness (QED) is 0.814. The van der Waals surface area contributed by atoms with Gasteiger partial charge >= 0.3 is 6.09 Å². The molecule has 0 bridgehead atoms. The van der Waals surface area contributed by atoms with Crippen LogP contribution in [0.4, 0.5) is 4.79 Å². The Morgan fingerprint density at radius 2 is 1.75 bits per heavy atom. The van der Waals surface area contributed by atoms with E-state index in [0.717, 1.165) is 6.54 Å². The molecule has 20 heavy (non-hydrogen) atoms. The molecule has 0 atom stereocenters. The molecular weight excluding hydrogens is 252 g/mol. The van der Waals surface area contributed by atoms with E-state index in [1.807, 2.05) is 20.8 Å². The van der Waals surface area contributed by atoms with E-state index in [1.165, 1.54) is 16.7 Å². The van der Waals surface area contributed by atoms with Gasteiger partial charge in [0.25, 0.3) is 0 Å². The Labute approximate surface area is 121 Å². The van der Waals surface area contributed by atoms with Crippen LogP contribution in [0.25, 0.3) is 0 Å². The van der Waals surface area contributed by atoms with Gasteiger partial charge in [-0.2, -0.15) is 0 Å². The number of rotatable bonds is 5. The molecule has 1 aromatic carbocycles. The normalized spacial score (nSPS) is 11.2. The largest absolute Gasteiger partial charge is 0.444 e. The Morgan fingerprint density at radius 1 is 1.15 bits per heavy atom. The van der Waals surface area contributed by atoms with Crippen molar-refractivity contribution >= 4 is 6.09 Å². The van der Waals surface area contributed by atoms with Gasteiger partial charge in [0.1, 0.15) is 5.60 Å². The van der Waals surface area contributed by atoms with E-state index in [1.54, 1.807) is 0 Å². The molecule has 0 unspecified atom stereocenters. The van der Waals surface area contributed by atoms with Crippen molar-refractivity contribution in [3.05, 3.63) is 34.9 Å². The summed E-state index contributed by atoms with van der Waals surface area (Å²) in [6.45, 7) is 11.9. The lowest BCUT2D eigenvalue weighted by molar-refractivity contribution is 0.0528. The second kappa shape index (κ2) is 7.29. The summed E-state index contributed by atoms with van der Waals surface area (Å²) in [5.41, 5.74) is 3.45. The molecule has 1 amide bonds. The van der Waals surface area contributed by atoms with Crippen molar-refractivity contribution in [3.63, 3.8) is 0 Å². The van der Waals surface area contributed by atoms with E-state index in [9.17, 15) is 4.79 Å². The molecule has 0 saturated carbocycles. The van der Waals surface area contributed by atoms with Crippen LogP contribution in [0.1, 0.15) is 37.5 Å². The van der Waals surface area contributed by atoms with Crippen LogP contribution < -0.4 is 10.6 Å². The van der Waals surface area contributed by atoms with Crippen LogP contribution in [0.15, 0.2) is 18.2 Å². The standard InChI is InChI=1S/C16H26N2O2/c1-12-7-6-8-13(2)14(12)11-17-9-10-18-15(19)20-16(3,4)5/h6-8,17H,9-11H2,1-5H3,(H,18,19). The highest BCUT2D eigenvalue weighted by Crippen LogP contribution is 2.12. The minimum atomic E-state index is -0.449. The van der Waals surface area contributed by atoms with Gasteiger partial charge in [0.05, 0.1) is 0 Å². The molecule has 2 N–H and O–H groups in total. The van der Waals surface area contributed by atoms with Gasteiger partial charge < -0.3 is 15.4 Å². The number of carbonyl (C=O) groups is 1. The van der Waals surface area contributed by atoms with Crippen molar-refractivity contribution in [3.8, 4) is 0 Å². The zero-order chi connectivity index (χ0) is 15.2. The molecule has 0 spiro atoms. The lowest BCUT2D eigenvalue weighted by Crippen LogP contribution is -2.36. The maximum absolute atomic E-state index is 11.4. The van der Waals surface area contributed by atoms with Crippen molar-refractivity contribution < 1.29 is 9.53 Å². The number of carbonyl (C=O) groups excluding carboxylic acids is 1. The summed E-state index contributed by atoms with van der Waals surface area (Å²) in [4.78, 5) is 11.4. The van der Waals surface area contributed by atoms with Crippen molar-refractivity contribution in [2.75, 3.05) is 13.1 Å². The average Bonchev–Trinajstić information content (AvgIpc) is 2.29. The number of benzene rings is 1. The molecular formula is C16H26N2O2. The first kappa shape index (κ1) is 16.5. The Bertz CT molecular complexity index is 430. The predicted molar refractivity (Wildman–Crippen MR) is 81.9 cm³/mol. The van der Waals surface area contributed by atoms with E-state index in [0.29, 0.717) is 13.1 Å². The Kier molecular flexibility index (Phi) is 6.02. The predicted octanol–water partition coefficient (Wildman–Crippen LogP) is 2.92. The van der Waals surface area contributed by atoms with Crippen LogP contribution in [0, 0.1) is 13.8 Å². The molecule has 4 nitrogen and oxygen atoms in total. The molecule has 0 radical (unpaired) electrons. The fourth-order valence-corrected chi connectivity index (χ4v) is 1.91. The van der Waals surface area contributed by atoms with Gasteiger partial charge in [-0.25, -0.2) is 4.79 Å². The minimum absolute atomic E-state index is 0.369. The highest BCUT2D eigenvalue weighted by Gasteiger charge is 2.15. The Morgan fingerprint density at radius 3 is 2.30 bits per heavy atom. The molecule has 0 aliphatic carbocycles. The molecule has 0 aliphatic heterocycles. The molecule has 0 aliphatic rings. The van der Waals surface area contributed by atoms with Crippen LogP contribution in [-0.4, -0.2) is 24.8 Å². The van der Waals surface area contributed by atoms with Gasteiger partial charge in [-0.15, -0.1) is 0 Å². The summed E-state index contributed by atoms with van der Waals surface area (Å²) in [6.07, 6.45) is -0.369. The third kappa shape index (κ3) is 6.06. The lowest BCUT2D eigenvalue weighted by Gasteiger charge is -2.19. The van der Waals surface area contributed by atoms with Crippen LogP contribution in [-0.2, 0) is 11.3 Å². The molecule has 0 fully saturated rings. The maximum atomic E-state index is 11.4. The van der Waals surface area contributed by atoms with Gasteiger partial charge in [0.2, 0.25) is 0 Å². The third-order valence-electron chi connectivity index (χ3n) is 2.92. The number of hydrogen-bond acceptors (Lipinski definition) is 3. The Hall–Kier alpha value is -1.55. The van der Waals surface area contributed by atoms with Gasteiger partial charge in [0, 0.05) is 19.6 Å². The zero-order valence-corrected chi connectivity index (χ0v) is 13.2. The van der Waals surface area contributed by atoms with Crippen molar-refractivity contribution in [2.24, 2.45) is 0 Å². The first-order valence-corrected chi connectivity index (χ1v) is 7.02. The summed E-state index contributed by atoms with van der Waals surface area (Å²) in [7, 11) is 0. The SMILES string of the molecule is Cc1cccc(C)c1CNCCNC(=O)OC(C)(C)C. The summed E-state index contributed by atoms with van der Waals surface area (Å²) in [5.74, 6) is 0. The number of aryl methyl sites for hydroxylation is 2. The number of alkyl carbamates (subject to hydrolysis) is 1. The fraction of sp³-hybridized carbons (Fsp3) is 0.562. The van der Waals surface area contributed by atoms with Crippen molar-refractivity contribution in [1.82, 2.24) is 10.6 Å². The maximum Gasteiger partial charge on any atom is 0.407 e. The van der Waals surface area contributed by atoms with Gasteiger partial charge in [-0.1, -0.05) is 18.2 Å².